The van der Waals surface area contributed by atoms with Crippen LogP contribution in [0, 0.1) is 41.0 Å². The minimum atomic E-state index is -1.60. The first-order valence-electron chi connectivity index (χ1n) is 12.8. The number of nitrogens with one attached hydrogen (secondary N) is 1. The van der Waals surface area contributed by atoms with Crippen molar-refractivity contribution in [2.75, 3.05) is 5.32 Å². The highest BCUT2D eigenvalue weighted by Crippen LogP contribution is 2.39. The summed E-state index contributed by atoms with van der Waals surface area (Å²) in [6.45, 7) is 8.67. The maximum atomic E-state index is 13.6. The Hall–Kier alpha value is -3.04. The van der Waals surface area contributed by atoms with E-state index in [1.54, 1.807) is 42.2 Å². The van der Waals surface area contributed by atoms with Crippen molar-refractivity contribution in [2.45, 2.75) is 50.9 Å². The van der Waals surface area contributed by atoms with Gasteiger partial charge in [-0.15, -0.1) is 11.8 Å². The summed E-state index contributed by atoms with van der Waals surface area (Å²) in [5.41, 5.74) is 0.838. The minimum absolute atomic E-state index is 0.0560. The first-order chi connectivity index (χ1) is 18.9. The van der Waals surface area contributed by atoms with Crippen molar-refractivity contribution in [3.63, 3.8) is 0 Å². The van der Waals surface area contributed by atoms with Crippen molar-refractivity contribution in [3.8, 4) is 0 Å². The van der Waals surface area contributed by atoms with Crippen LogP contribution in [0.2, 0.25) is 5.02 Å². The van der Waals surface area contributed by atoms with Crippen molar-refractivity contribution < 1.29 is 27.2 Å². The van der Waals surface area contributed by atoms with Crippen LogP contribution in [0.5, 0.6) is 0 Å². The first-order valence-corrected chi connectivity index (χ1v) is 14.0. The molecule has 3 aromatic carbocycles. The van der Waals surface area contributed by atoms with Crippen LogP contribution in [0.3, 0.4) is 0 Å². The molecule has 3 rings (SSSR count). The second-order valence-corrected chi connectivity index (χ2v) is 11.7. The van der Waals surface area contributed by atoms with E-state index in [0.717, 1.165) is 12.0 Å². The highest BCUT2D eigenvalue weighted by Gasteiger charge is 2.25. The van der Waals surface area contributed by atoms with Crippen LogP contribution < -0.4 is 5.32 Å². The van der Waals surface area contributed by atoms with Gasteiger partial charge in [-0.25, -0.2) is 17.6 Å². The fourth-order valence-electron chi connectivity index (χ4n) is 3.79. The smallest absolute Gasteiger partial charge is 0.255 e. The third-order valence-corrected chi connectivity index (χ3v) is 8.45. The SMILES string of the molecule is CC(C)C(C)C(C[C@@H](C)/C=N/OCc1ccc(F)cc1)Sc1cc(C(=O)Nc2cc(F)c(F)c(F)c2)ccc1Cl. The summed E-state index contributed by atoms with van der Waals surface area (Å²) in [5, 5.41) is 7.05. The van der Waals surface area contributed by atoms with Gasteiger partial charge < -0.3 is 10.2 Å². The number of thioether (sulfide) groups is 1. The molecule has 0 heterocycles. The van der Waals surface area contributed by atoms with Crippen molar-refractivity contribution in [2.24, 2.45) is 22.9 Å². The lowest BCUT2D eigenvalue weighted by molar-refractivity contribution is 0.102. The van der Waals surface area contributed by atoms with Gasteiger partial charge in [-0.05, 0) is 60.1 Å². The molecule has 0 aliphatic carbocycles. The lowest BCUT2D eigenvalue weighted by Gasteiger charge is -2.28. The molecule has 0 aliphatic heterocycles. The van der Waals surface area contributed by atoms with Gasteiger partial charge in [0.25, 0.3) is 5.91 Å². The molecule has 0 spiro atoms. The number of amides is 1. The molecule has 0 aromatic heterocycles. The fraction of sp³-hybridized carbons (Fsp3) is 0.333. The number of halogens is 5. The van der Waals surface area contributed by atoms with Crippen LogP contribution in [0.1, 0.15) is 50.0 Å². The standard InChI is InChI=1S/C30H31ClF4N2O2S/c1-17(2)19(4)27(11-18(3)15-36-39-16-20-5-8-22(32)9-6-20)40-28-12-21(7-10-24(28)31)30(38)37-23-13-25(33)29(35)26(34)14-23/h5-10,12-15,17-19,27H,11,16H2,1-4H3,(H,37,38)/b36-15+/t18-,19?,27?/m1/s1. The zero-order chi connectivity index (χ0) is 29.4. The van der Waals surface area contributed by atoms with Gasteiger partial charge in [-0.1, -0.05) is 56.6 Å². The van der Waals surface area contributed by atoms with Crippen LogP contribution in [0.4, 0.5) is 23.2 Å². The van der Waals surface area contributed by atoms with E-state index < -0.39 is 23.4 Å². The molecule has 3 atom stereocenters. The maximum absolute atomic E-state index is 13.6. The second kappa shape index (κ2) is 14.6. The van der Waals surface area contributed by atoms with Gasteiger partial charge in [0.1, 0.15) is 12.4 Å². The molecular weight excluding hydrogens is 564 g/mol. The van der Waals surface area contributed by atoms with Crippen molar-refractivity contribution in [3.05, 3.63) is 94.0 Å². The molecule has 3 aromatic rings. The number of nitrogens with zero attached hydrogens (tertiary/aromatic N) is 1. The quantitative estimate of drug-likeness (QED) is 0.0748. The molecule has 40 heavy (non-hydrogen) atoms. The molecule has 1 amide bonds. The predicted molar refractivity (Wildman–Crippen MR) is 153 cm³/mol. The number of rotatable bonds is 12. The lowest BCUT2D eigenvalue weighted by atomic mass is 9.90. The third-order valence-electron chi connectivity index (χ3n) is 6.49. The molecule has 2 unspecified atom stereocenters. The Morgan fingerprint density at radius 1 is 1.00 bits per heavy atom. The Balaban J connectivity index is 1.69. The second-order valence-electron chi connectivity index (χ2n) is 9.98. The zero-order valence-electron chi connectivity index (χ0n) is 22.6. The van der Waals surface area contributed by atoms with E-state index in [1.165, 1.54) is 18.2 Å². The number of benzene rings is 3. The van der Waals surface area contributed by atoms with Crippen molar-refractivity contribution >= 4 is 41.2 Å². The monoisotopic (exact) mass is 594 g/mol. The largest absolute Gasteiger partial charge is 0.391 e. The Morgan fingerprint density at radius 2 is 1.65 bits per heavy atom. The van der Waals surface area contributed by atoms with Crippen LogP contribution in [-0.4, -0.2) is 17.4 Å². The van der Waals surface area contributed by atoms with Gasteiger partial charge in [0.15, 0.2) is 17.5 Å². The zero-order valence-corrected chi connectivity index (χ0v) is 24.1. The maximum Gasteiger partial charge on any atom is 0.255 e. The Kier molecular flexibility index (Phi) is 11.5. The summed E-state index contributed by atoms with van der Waals surface area (Å²) in [6, 6.07) is 12.2. The van der Waals surface area contributed by atoms with Gasteiger partial charge >= 0.3 is 0 Å². The molecule has 1 N–H and O–H groups in total. The van der Waals surface area contributed by atoms with Crippen LogP contribution in [0.25, 0.3) is 0 Å². The molecule has 0 bridgehead atoms. The molecule has 214 valence electrons. The number of carbonyl (C=O) groups is 1. The fourth-order valence-corrected chi connectivity index (χ4v) is 5.68. The Bertz CT molecular complexity index is 1310. The third kappa shape index (κ3) is 8.99. The van der Waals surface area contributed by atoms with Crippen molar-refractivity contribution in [1.82, 2.24) is 0 Å². The van der Waals surface area contributed by atoms with E-state index in [2.05, 4.69) is 31.2 Å². The summed E-state index contributed by atoms with van der Waals surface area (Å²) in [7, 11) is 0. The molecule has 0 saturated heterocycles. The number of hydrogen-bond acceptors (Lipinski definition) is 4. The number of anilines is 1. The van der Waals surface area contributed by atoms with Crippen molar-refractivity contribution in [1.29, 1.82) is 0 Å². The summed E-state index contributed by atoms with van der Waals surface area (Å²) < 4.78 is 53.5. The van der Waals surface area contributed by atoms with E-state index >= 15 is 0 Å². The number of oxime groups is 1. The normalized spacial score (nSPS) is 13.8. The predicted octanol–water partition coefficient (Wildman–Crippen LogP) is 9.13. The van der Waals surface area contributed by atoms with Crippen LogP contribution >= 0.6 is 23.4 Å². The molecule has 0 fully saturated rings. The number of hydrogen-bond donors (Lipinski definition) is 1. The van der Waals surface area contributed by atoms with Gasteiger partial charge in [0.2, 0.25) is 0 Å². The minimum Gasteiger partial charge on any atom is -0.391 e. The van der Waals surface area contributed by atoms with Crippen LogP contribution in [-0.2, 0) is 11.4 Å². The average Bonchev–Trinajstić information content (AvgIpc) is 2.90. The summed E-state index contributed by atoms with van der Waals surface area (Å²) in [5.74, 6) is -4.62. The molecule has 0 saturated carbocycles. The van der Waals surface area contributed by atoms with E-state index in [-0.39, 0.29) is 40.8 Å². The summed E-state index contributed by atoms with van der Waals surface area (Å²) in [6.07, 6.45) is 2.48. The first kappa shape index (κ1) is 31.5. The van der Waals surface area contributed by atoms with Crippen LogP contribution in [0.15, 0.2) is 64.6 Å². The highest BCUT2D eigenvalue weighted by molar-refractivity contribution is 8.00. The summed E-state index contributed by atoms with van der Waals surface area (Å²) in [4.78, 5) is 18.9. The molecule has 0 radical (unpaired) electrons. The molecule has 10 heteroatoms. The Labute approximate surface area is 241 Å². The average molecular weight is 595 g/mol. The molecule has 0 aliphatic rings. The van der Waals surface area contributed by atoms with E-state index in [0.29, 0.717) is 28.0 Å². The Morgan fingerprint density at radius 3 is 2.27 bits per heavy atom. The van der Waals surface area contributed by atoms with E-state index in [4.69, 9.17) is 16.4 Å². The van der Waals surface area contributed by atoms with E-state index in [1.807, 2.05) is 6.92 Å². The topological polar surface area (TPSA) is 50.7 Å². The van der Waals surface area contributed by atoms with Gasteiger partial charge in [0, 0.05) is 39.7 Å². The highest BCUT2D eigenvalue weighted by atomic mass is 35.5. The summed E-state index contributed by atoms with van der Waals surface area (Å²) >= 11 is 8.03. The molecule has 4 nitrogen and oxygen atoms in total. The van der Waals surface area contributed by atoms with E-state index in [9.17, 15) is 22.4 Å². The molecular formula is C30H31ClF4N2O2S. The van der Waals surface area contributed by atoms with Gasteiger partial charge in [-0.2, -0.15) is 0 Å². The van der Waals surface area contributed by atoms with Gasteiger partial charge in [0.05, 0.1) is 5.02 Å². The lowest BCUT2D eigenvalue weighted by Crippen LogP contribution is -2.22. The number of carbonyl (C=O) groups excluding carboxylic acids is 1. The van der Waals surface area contributed by atoms with Gasteiger partial charge in [-0.3, -0.25) is 4.79 Å².